The lowest BCUT2D eigenvalue weighted by atomic mass is 10.1. The Kier molecular flexibility index (Phi) is 5.62. The summed E-state index contributed by atoms with van der Waals surface area (Å²) in [6.07, 6.45) is 0.758. The zero-order valence-corrected chi connectivity index (χ0v) is 14.4. The molecule has 0 bridgehead atoms. The maximum absolute atomic E-state index is 11.8. The van der Waals surface area contributed by atoms with Crippen molar-refractivity contribution in [1.29, 1.82) is 5.26 Å². The smallest absolute Gasteiger partial charge is 0.306 e. The molecular formula is C19H14ClN3O3. The number of aromatic nitrogens is 2. The molecular weight excluding hydrogens is 354 g/mol. The molecule has 0 atom stereocenters. The summed E-state index contributed by atoms with van der Waals surface area (Å²) in [6, 6.07) is 16.1. The Hall–Kier alpha value is -3.17. The van der Waals surface area contributed by atoms with E-state index < -0.39 is 0 Å². The van der Waals surface area contributed by atoms with E-state index >= 15 is 0 Å². The number of benzene rings is 2. The van der Waals surface area contributed by atoms with Gasteiger partial charge in [0.2, 0.25) is 5.89 Å². The molecule has 1 aromatic heterocycles. The summed E-state index contributed by atoms with van der Waals surface area (Å²) in [4.78, 5) is 11.8. The lowest BCUT2D eigenvalue weighted by molar-refractivity contribution is -0.145. The van der Waals surface area contributed by atoms with Gasteiger partial charge in [0.1, 0.15) is 0 Å². The number of nitrogens with zero attached hydrogens (tertiary/aromatic N) is 3. The first-order valence-corrected chi connectivity index (χ1v) is 8.25. The van der Waals surface area contributed by atoms with Crippen molar-refractivity contribution in [1.82, 2.24) is 10.2 Å². The fourth-order valence-corrected chi connectivity index (χ4v) is 2.35. The highest BCUT2D eigenvalue weighted by Crippen LogP contribution is 2.20. The van der Waals surface area contributed by atoms with Gasteiger partial charge in [-0.25, -0.2) is 0 Å². The van der Waals surface area contributed by atoms with Crippen molar-refractivity contribution in [2.24, 2.45) is 0 Å². The minimum atomic E-state index is -0.361. The first kappa shape index (κ1) is 17.6. The van der Waals surface area contributed by atoms with Gasteiger partial charge < -0.3 is 9.15 Å². The van der Waals surface area contributed by atoms with Gasteiger partial charge in [0.05, 0.1) is 11.6 Å². The summed E-state index contributed by atoms with van der Waals surface area (Å²) in [5, 5.41) is 17.2. The topological polar surface area (TPSA) is 89.0 Å². The molecule has 26 heavy (non-hydrogen) atoms. The minimum absolute atomic E-state index is 0.0766. The van der Waals surface area contributed by atoms with Crippen molar-refractivity contribution in [2.75, 3.05) is 0 Å². The minimum Gasteiger partial charge on any atom is -0.456 e. The van der Waals surface area contributed by atoms with E-state index in [4.69, 9.17) is 26.0 Å². The Morgan fingerprint density at radius 2 is 1.85 bits per heavy atom. The highest BCUT2D eigenvalue weighted by Gasteiger charge is 2.11. The van der Waals surface area contributed by atoms with Crippen LogP contribution in [0.15, 0.2) is 52.9 Å². The standard InChI is InChI=1S/C19H14ClN3O3/c20-16-8-6-15(7-9-16)19-23-22-17(26-19)12-25-18(24)10-5-13-1-3-14(11-21)4-2-13/h1-4,6-9H,5,10,12H2. The Morgan fingerprint density at radius 3 is 2.54 bits per heavy atom. The normalized spacial score (nSPS) is 10.3. The lowest BCUT2D eigenvalue weighted by Gasteiger charge is -2.02. The monoisotopic (exact) mass is 367 g/mol. The maximum Gasteiger partial charge on any atom is 0.306 e. The Balaban J connectivity index is 1.48. The van der Waals surface area contributed by atoms with Crippen LogP contribution in [-0.4, -0.2) is 16.2 Å². The largest absolute Gasteiger partial charge is 0.456 e. The van der Waals surface area contributed by atoms with Crippen LogP contribution in [0.4, 0.5) is 0 Å². The molecule has 1 heterocycles. The number of hydrogen-bond acceptors (Lipinski definition) is 6. The summed E-state index contributed by atoms with van der Waals surface area (Å²) in [5.41, 5.74) is 2.29. The molecule has 3 aromatic rings. The zero-order valence-electron chi connectivity index (χ0n) is 13.7. The molecule has 2 aromatic carbocycles. The molecule has 0 spiro atoms. The van der Waals surface area contributed by atoms with Crippen LogP contribution in [0.3, 0.4) is 0 Å². The summed E-state index contributed by atoms with van der Waals surface area (Å²) in [6.45, 7) is -0.0766. The van der Waals surface area contributed by atoms with Crippen LogP contribution in [0.25, 0.3) is 11.5 Å². The summed E-state index contributed by atoms with van der Waals surface area (Å²) >= 11 is 5.84. The fourth-order valence-electron chi connectivity index (χ4n) is 2.23. The number of ether oxygens (including phenoxy) is 1. The van der Waals surface area contributed by atoms with Crippen LogP contribution in [0.5, 0.6) is 0 Å². The molecule has 0 aliphatic carbocycles. The van der Waals surface area contributed by atoms with Crippen molar-refractivity contribution in [3.8, 4) is 17.5 Å². The van der Waals surface area contributed by atoms with Gasteiger partial charge in [-0.2, -0.15) is 5.26 Å². The second-order valence-electron chi connectivity index (χ2n) is 5.48. The van der Waals surface area contributed by atoms with Crippen molar-refractivity contribution in [3.05, 3.63) is 70.6 Å². The van der Waals surface area contributed by atoms with Crippen LogP contribution in [-0.2, 0) is 22.6 Å². The Morgan fingerprint density at radius 1 is 1.12 bits per heavy atom. The number of nitriles is 1. The fraction of sp³-hybridized carbons (Fsp3) is 0.158. The van der Waals surface area contributed by atoms with Gasteiger partial charge >= 0.3 is 5.97 Å². The van der Waals surface area contributed by atoms with Gasteiger partial charge in [0.25, 0.3) is 5.89 Å². The molecule has 130 valence electrons. The molecule has 0 saturated heterocycles. The molecule has 0 unspecified atom stereocenters. The van der Waals surface area contributed by atoms with E-state index in [0.717, 1.165) is 11.1 Å². The number of rotatable bonds is 6. The van der Waals surface area contributed by atoms with Crippen LogP contribution in [0.2, 0.25) is 5.02 Å². The van der Waals surface area contributed by atoms with Gasteiger partial charge in [0, 0.05) is 17.0 Å². The number of carbonyl (C=O) groups is 1. The van der Waals surface area contributed by atoms with Gasteiger partial charge in [-0.15, -0.1) is 10.2 Å². The third kappa shape index (κ3) is 4.68. The number of carbonyl (C=O) groups excluding carboxylic acids is 1. The predicted molar refractivity (Wildman–Crippen MR) is 94.0 cm³/mol. The van der Waals surface area contributed by atoms with E-state index in [1.54, 1.807) is 36.4 Å². The van der Waals surface area contributed by atoms with Crippen molar-refractivity contribution in [3.63, 3.8) is 0 Å². The third-order valence-corrected chi connectivity index (χ3v) is 3.87. The second kappa shape index (κ2) is 8.28. The first-order valence-electron chi connectivity index (χ1n) is 7.87. The Bertz CT molecular complexity index is 928. The predicted octanol–water partition coefficient (Wildman–Crippen LogP) is 3.94. The van der Waals surface area contributed by atoms with E-state index in [-0.39, 0.29) is 24.9 Å². The number of hydrogen-bond donors (Lipinski definition) is 0. The Labute approximate surface area is 155 Å². The highest BCUT2D eigenvalue weighted by atomic mass is 35.5. The van der Waals surface area contributed by atoms with Gasteiger partial charge in [0.15, 0.2) is 6.61 Å². The summed E-state index contributed by atoms with van der Waals surface area (Å²) in [5.74, 6) is 0.201. The summed E-state index contributed by atoms with van der Waals surface area (Å²) in [7, 11) is 0. The van der Waals surface area contributed by atoms with Crippen molar-refractivity contribution in [2.45, 2.75) is 19.4 Å². The molecule has 0 radical (unpaired) electrons. The van der Waals surface area contributed by atoms with Gasteiger partial charge in [-0.05, 0) is 48.4 Å². The first-order chi connectivity index (χ1) is 12.6. The second-order valence-corrected chi connectivity index (χ2v) is 5.91. The molecule has 0 fully saturated rings. The van der Waals surface area contributed by atoms with Crippen LogP contribution >= 0.6 is 11.6 Å². The molecule has 0 amide bonds. The molecule has 0 aliphatic heterocycles. The average molecular weight is 368 g/mol. The molecule has 0 saturated carbocycles. The van der Waals surface area contributed by atoms with Gasteiger partial charge in [-0.1, -0.05) is 23.7 Å². The van der Waals surface area contributed by atoms with Gasteiger partial charge in [-0.3, -0.25) is 4.79 Å². The number of aryl methyl sites for hydroxylation is 1. The molecule has 7 heteroatoms. The summed E-state index contributed by atoms with van der Waals surface area (Å²) < 4.78 is 10.6. The lowest BCUT2D eigenvalue weighted by Crippen LogP contribution is -2.06. The van der Waals surface area contributed by atoms with E-state index in [2.05, 4.69) is 16.3 Å². The van der Waals surface area contributed by atoms with Crippen LogP contribution in [0, 0.1) is 11.3 Å². The molecule has 0 N–H and O–H groups in total. The number of halogens is 1. The molecule has 3 rings (SSSR count). The van der Waals surface area contributed by atoms with Crippen molar-refractivity contribution >= 4 is 17.6 Å². The molecule has 0 aliphatic rings. The van der Waals surface area contributed by atoms with Crippen molar-refractivity contribution < 1.29 is 13.9 Å². The molecule has 6 nitrogen and oxygen atoms in total. The van der Waals surface area contributed by atoms with E-state index in [1.165, 1.54) is 0 Å². The van der Waals surface area contributed by atoms with E-state index in [1.807, 2.05) is 12.1 Å². The van der Waals surface area contributed by atoms with E-state index in [0.29, 0.717) is 22.9 Å². The number of esters is 1. The van der Waals surface area contributed by atoms with E-state index in [9.17, 15) is 4.79 Å². The highest BCUT2D eigenvalue weighted by molar-refractivity contribution is 6.30. The maximum atomic E-state index is 11.8. The van der Waals surface area contributed by atoms with Crippen LogP contribution in [0.1, 0.15) is 23.4 Å². The van der Waals surface area contributed by atoms with Crippen LogP contribution < -0.4 is 0 Å². The average Bonchev–Trinajstić information content (AvgIpc) is 3.14. The third-order valence-electron chi connectivity index (χ3n) is 3.62. The SMILES string of the molecule is N#Cc1ccc(CCC(=O)OCc2nnc(-c3ccc(Cl)cc3)o2)cc1. The quantitative estimate of drug-likeness (QED) is 0.613. The zero-order chi connectivity index (χ0) is 18.4.